The van der Waals surface area contributed by atoms with Crippen LogP contribution in [0.25, 0.3) is 0 Å². The molecule has 0 aliphatic heterocycles. The first-order chi connectivity index (χ1) is 6.25. The molecule has 0 saturated heterocycles. The lowest BCUT2D eigenvalue weighted by Gasteiger charge is -2.03. The van der Waals surface area contributed by atoms with E-state index in [1.54, 1.807) is 13.0 Å². The maximum Gasteiger partial charge on any atom is 0.341 e. The first-order valence-electron chi connectivity index (χ1n) is 4.51. The summed E-state index contributed by atoms with van der Waals surface area (Å²) in [6.45, 7) is 2.08. The number of aliphatic hydroxyl groups is 1. The van der Waals surface area contributed by atoms with Gasteiger partial charge in [0.1, 0.15) is 5.76 Å². The standard InChI is InChI=1S/C10H14O3/c1-2-13-10(12)8-6-4-3-5-7-9(8)11/h4,6,11H,2-3,5,7H2,1H3. The van der Waals surface area contributed by atoms with E-state index in [1.807, 2.05) is 6.08 Å². The molecule has 1 N–H and O–H groups in total. The van der Waals surface area contributed by atoms with Crippen molar-refractivity contribution < 1.29 is 14.6 Å². The molecule has 1 rings (SSSR count). The highest BCUT2D eigenvalue weighted by molar-refractivity contribution is 5.92. The zero-order valence-corrected chi connectivity index (χ0v) is 7.75. The van der Waals surface area contributed by atoms with Gasteiger partial charge < -0.3 is 9.84 Å². The second-order valence-electron chi connectivity index (χ2n) is 2.88. The van der Waals surface area contributed by atoms with Crippen molar-refractivity contribution in [3.8, 4) is 0 Å². The summed E-state index contributed by atoms with van der Waals surface area (Å²) < 4.78 is 4.80. The van der Waals surface area contributed by atoms with Crippen LogP contribution in [0, 0.1) is 0 Å². The van der Waals surface area contributed by atoms with Crippen molar-refractivity contribution in [3.05, 3.63) is 23.5 Å². The van der Waals surface area contributed by atoms with Crippen LogP contribution in [0.1, 0.15) is 26.2 Å². The molecule has 0 bridgehead atoms. The smallest absolute Gasteiger partial charge is 0.341 e. The Kier molecular flexibility index (Phi) is 3.55. The molecule has 1 aliphatic carbocycles. The Bertz CT molecular complexity index is 251. The number of esters is 1. The number of hydrogen-bond donors (Lipinski definition) is 1. The van der Waals surface area contributed by atoms with Gasteiger partial charge in [0.05, 0.1) is 12.2 Å². The van der Waals surface area contributed by atoms with Crippen LogP contribution in [0.5, 0.6) is 0 Å². The van der Waals surface area contributed by atoms with Crippen molar-refractivity contribution in [1.82, 2.24) is 0 Å². The molecule has 0 amide bonds. The minimum Gasteiger partial charge on any atom is -0.511 e. The number of ether oxygens (including phenoxy) is 1. The summed E-state index contributed by atoms with van der Waals surface area (Å²) in [5, 5.41) is 9.47. The highest BCUT2D eigenvalue weighted by Gasteiger charge is 2.14. The molecule has 72 valence electrons. The first-order valence-corrected chi connectivity index (χ1v) is 4.51. The predicted octanol–water partition coefficient (Wildman–Crippen LogP) is 2.10. The fourth-order valence-corrected chi connectivity index (χ4v) is 1.21. The summed E-state index contributed by atoms with van der Waals surface area (Å²) in [7, 11) is 0. The lowest BCUT2D eigenvalue weighted by Crippen LogP contribution is -2.08. The lowest BCUT2D eigenvalue weighted by molar-refractivity contribution is -0.138. The number of carbonyl (C=O) groups excluding carboxylic acids is 1. The van der Waals surface area contributed by atoms with Gasteiger partial charge in [0, 0.05) is 6.42 Å². The summed E-state index contributed by atoms with van der Waals surface area (Å²) in [4.78, 5) is 11.3. The number of carbonyl (C=O) groups is 1. The van der Waals surface area contributed by atoms with Crippen LogP contribution >= 0.6 is 0 Å². The molecule has 0 atom stereocenters. The van der Waals surface area contributed by atoms with Gasteiger partial charge in [-0.05, 0) is 25.8 Å². The van der Waals surface area contributed by atoms with E-state index in [-0.39, 0.29) is 5.76 Å². The third-order valence-corrected chi connectivity index (χ3v) is 1.88. The highest BCUT2D eigenvalue weighted by Crippen LogP contribution is 2.17. The fraction of sp³-hybridized carbons (Fsp3) is 0.500. The van der Waals surface area contributed by atoms with E-state index < -0.39 is 5.97 Å². The number of allylic oxidation sites excluding steroid dienone is 2. The van der Waals surface area contributed by atoms with Gasteiger partial charge in [-0.3, -0.25) is 0 Å². The average Bonchev–Trinajstić information content (AvgIpc) is 2.30. The first kappa shape index (κ1) is 9.84. The monoisotopic (exact) mass is 182 g/mol. The molecule has 0 heterocycles. The van der Waals surface area contributed by atoms with Crippen molar-refractivity contribution in [3.63, 3.8) is 0 Å². The van der Waals surface area contributed by atoms with Crippen LogP contribution in [-0.4, -0.2) is 17.7 Å². The van der Waals surface area contributed by atoms with Crippen LogP contribution in [0.3, 0.4) is 0 Å². The molecule has 0 spiro atoms. The lowest BCUT2D eigenvalue weighted by atomic mass is 10.2. The maximum absolute atomic E-state index is 11.3. The van der Waals surface area contributed by atoms with E-state index in [1.165, 1.54) is 0 Å². The van der Waals surface area contributed by atoms with Crippen molar-refractivity contribution in [1.29, 1.82) is 0 Å². The molecule has 0 aromatic carbocycles. The number of rotatable bonds is 2. The molecule has 3 heteroatoms. The second kappa shape index (κ2) is 4.70. The molecule has 0 aromatic heterocycles. The summed E-state index contributed by atoms with van der Waals surface area (Å²) >= 11 is 0. The highest BCUT2D eigenvalue weighted by atomic mass is 16.5. The van der Waals surface area contributed by atoms with Crippen LogP contribution in [-0.2, 0) is 9.53 Å². The topological polar surface area (TPSA) is 46.5 Å². The zero-order chi connectivity index (χ0) is 9.68. The normalized spacial score (nSPS) is 17.0. The molecule has 0 unspecified atom stereocenters. The van der Waals surface area contributed by atoms with Crippen molar-refractivity contribution in [2.45, 2.75) is 26.2 Å². The van der Waals surface area contributed by atoms with Crippen molar-refractivity contribution in [2.24, 2.45) is 0 Å². The Morgan fingerprint density at radius 2 is 2.46 bits per heavy atom. The fourth-order valence-electron chi connectivity index (χ4n) is 1.21. The van der Waals surface area contributed by atoms with Crippen LogP contribution in [0.15, 0.2) is 23.5 Å². The van der Waals surface area contributed by atoms with Crippen LogP contribution in [0.4, 0.5) is 0 Å². The largest absolute Gasteiger partial charge is 0.511 e. The third-order valence-electron chi connectivity index (χ3n) is 1.88. The van der Waals surface area contributed by atoms with E-state index in [0.29, 0.717) is 18.6 Å². The maximum atomic E-state index is 11.3. The molecule has 0 aromatic rings. The van der Waals surface area contributed by atoms with E-state index >= 15 is 0 Å². The van der Waals surface area contributed by atoms with Crippen molar-refractivity contribution >= 4 is 5.97 Å². The Hall–Kier alpha value is -1.25. The van der Waals surface area contributed by atoms with Gasteiger partial charge >= 0.3 is 5.97 Å². The van der Waals surface area contributed by atoms with E-state index in [4.69, 9.17) is 4.74 Å². The molecular weight excluding hydrogens is 168 g/mol. The Labute approximate surface area is 77.7 Å². The van der Waals surface area contributed by atoms with Crippen LogP contribution < -0.4 is 0 Å². The molecule has 1 aliphatic rings. The zero-order valence-electron chi connectivity index (χ0n) is 7.75. The number of aliphatic hydroxyl groups excluding tert-OH is 1. The van der Waals surface area contributed by atoms with E-state index in [2.05, 4.69) is 0 Å². The van der Waals surface area contributed by atoms with Crippen molar-refractivity contribution in [2.75, 3.05) is 6.61 Å². The van der Waals surface area contributed by atoms with Gasteiger partial charge in [0.25, 0.3) is 0 Å². The van der Waals surface area contributed by atoms with E-state index in [9.17, 15) is 9.90 Å². The van der Waals surface area contributed by atoms with Crippen LogP contribution in [0.2, 0.25) is 0 Å². The molecule has 0 fully saturated rings. The predicted molar refractivity (Wildman–Crippen MR) is 49.3 cm³/mol. The molecule has 3 nitrogen and oxygen atoms in total. The van der Waals surface area contributed by atoms with Gasteiger partial charge in [-0.2, -0.15) is 0 Å². The Morgan fingerprint density at radius 1 is 1.69 bits per heavy atom. The quantitative estimate of drug-likeness (QED) is 0.665. The minimum absolute atomic E-state index is 0.146. The summed E-state index contributed by atoms with van der Waals surface area (Å²) in [5.74, 6) is -0.287. The summed E-state index contributed by atoms with van der Waals surface area (Å²) in [5.41, 5.74) is 0.305. The third kappa shape index (κ3) is 2.61. The molecule has 0 saturated carbocycles. The molecule has 0 radical (unpaired) electrons. The van der Waals surface area contributed by atoms with Gasteiger partial charge in [-0.25, -0.2) is 4.79 Å². The summed E-state index contributed by atoms with van der Waals surface area (Å²) in [6, 6.07) is 0. The van der Waals surface area contributed by atoms with Gasteiger partial charge in [-0.1, -0.05) is 6.08 Å². The van der Waals surface area contributed by atoms with Gasteiger partial charge in [-0.15, -0.1) is 0 Å². The SMILES string of the molecule is CCOC(=O)C1=C(O)CCCC=C1. The average molecular weight is 182 g/mol. The second-order valence-corrected chi connectivity index (χ2v) is 2.88. The molecular formula is C10H14O3. The number of hydrogen-bond acceptors (Lipinski definition) is 3. The molecule has 13 heavy (non-hydrogen) atoms. The van der Waals surface area contributed by atoms with E-state index in [0.717, 1.165) is 12.8 Å². The summed E-state index contributed by atoms with van der Waals surface area (Å²) in [6.07, 6.45) is 5.86. The van der Waals surface area contributed by atoms with Gasteiger partial charge in [0.15, 0.2) is 0 Å². The Balaban J connectivity index is 2.78. The Morgan fingerprint density at radius 3 is 3.15 bits per heavy atom. The van der Waals surface area contributed by atoms with Gasteiger partial charge in [0.2, 0.25) is 0 Å². The minimum atomic E-state index is -0.432.